The van der Waals surface area contributed by atoms with Gasteiger partial charge in [-0.15, -0.1) is 0 Å². The number of carbonyl (C=O) groups is 1. The fraction of sp³-hybridized carbons (Fsp3) is 0.0526. The minimum atomic E-state index is -0.419. The zero-order valence-corrected chi connectivity index (χ0v) is 15.8. The number of amides is 1. The maximum Gasteiger partial charge on any atom is 0.275 e. The molecule has 0 unspecified atom stereocenters. The topological polar surface area (TPSA) is 76.4 Å². The standard InChI is InChI=1S/C19H12ClFN4O2S/c20-13-3-1-2-12(8-13)18-24-25-16(26)9-15(23-19(25)28-18)10-22-17(27)11-4-6-14(21)7-5-11/h1-9H,10H2,(H,22,27). The molecule has 0 spiro atoms. The first-order valence-electron chi connectivity index (χ1n) is 8.19. The highest BCUT2D eigenvalue weighted by Gasteiger charge is 2.12. The zero-order chi connectivity index (χ0) is 19.7. The SMILES string of the molecule is O=C(NCc1cc(=O)n2nc(-c3cccc(Cl)c3)sc2n1)c1ccc(F)cc1. The summed E-state index contributed by atoms with van der Waals surface area (Å²) < 4.78 is 14.2. The Hall–Kier alpha value is -3.10. The molecule has 0 aliphatic rings. The molecule has 0 aliphatic carbocycles. The van der Waals surface area contributed by atoms with Gasteiger partial charge in [-0.3, -0.25) is 9.59 Å². The molecule has 140 valence electrons. The monoisotopic (exact) mass is 414 g/mol. The summed E-state index contributed by atoms with van der Waals surface area (Å²) in [5, 5.41) is 8.14. The molecule has 6 nitrogen and oxygen atoms in total. The number of halogens is 2. The van der Waals surface area contributed by atoms with E-state index < -0.39 is 5.82 Å². The summed E-state index contributed by atoms with van der Waals surface area (Å²) in [6.45, 7) is 0.0619. The predicted molar refractivity (Wildman–Crippen MR) is 105 cm³/mol. The van der Waals surface area contributed by atoms with Crippen LogP contribution in [0, 0.1) is 5.82 Å². The molecule has 0 bridgehead atoms. The van der Waals surface area contributed by atoms with Gasteiger partial charge in [-0.1, -0.05) is 35.1 Å². The third kappa shape index (κ3) is 3.78. The van der Waals surface area contributed by atoms with E-state index in [-0.39, 0.29) is 18.0 Å². The van der Waals surface area contributed by atoms with E-state index in [1.807, 2.05) is 6.07 Å². The molecule has 2 heterocycles. The molecule has 1 N–H and O–H groups in total. The first kappa shape index (κ1) is 18.3. The predicted octanol–water partition coefficient (Wildman–Crippen LogP) is 3.54. The Kier molecular flexibility index (Phi) is 4.89. The smallest absolute Gasteiger partial charge is 0.275 e. The van der Waals surface area contributed by atoms with Crippen LogP contribution in [0.4, 0.5) is 4.39 Å². The van der Waals surface area contributed by atoms with Gasteiger partial charge in [-0.2, -0.15) is 9.61 Å². The van der Waals surface area contributed by atoms with E-state index in [1.54, 1.807) is 18.2 Å². The van der Waals surface area contributed by atoms with Crippen molar-refractivity contribution in [2.75, 3.05) is 0 Å². The molecule has 4 aromatic rings. The summed E-state index contributed by atoms with van der Waals surface area (Å²) in [5.41, 5.74) is 1.16. The molecule has 28 heavy (non-hydrogen) atoms. The van der Waals surface area contributed by atoms with Crippen LogP contribution in [0.5, 0.6) is 0 Å². The van der Waals surface area contributed by atoms with Crippen molar-refractivity contribution in [3.8, 4) is 10.6 Å². The molecule has 2 aromatic carbocycles. The normalized spacial score (nSPS) is 10.9. The summed E-state index contributed by atoms with van der Waals surface area (Å²) >= 11 is 7.26. The van der Waals surface area contributed by atoms with Crippen molar-refractivity contribution in [3.05, 3.63) is 87.0 Å². The average molecular weight is 415 g/mol. The Morgan fingerprint density at radius 2 is 1.96 bits per heavy atom. The van der Waals surface area contributed by atoms with Crippen molar-refractivity contribution in [1.29, 1.82) is 0 Å². The number of fused-ring (bicyclic) bond motifs is 1. The summed E-state index contributed by atoms with van der Waals surface area (Å²) in [6, 6.07) is 13.7. The Balaban J connectivity index is 1.58. The fourth-order valence-electron chi connectivity index (χ4n) is 2.56. The number of hydrogen-bond donors (Lipinski definition) is 1. The van der Waals surface area contributed by atoms with Crippen molar-refractivity contribution in [3.63, 3.8) is 0 Å². The van der Waals surface area contributed by atoms with E-state index >= 15 is 0 Å². The summed E-state index contributed by atoms with van der Waals surface area (Å²) in [4.78, 5) is 29.3. The summed E-state index contributed by atoms with van der Waals surface area (Å²) in [6.07, 6.45) is 0. The first-order valence-corrected chi connectivity index (χ1v) is 9.38. The number of hydrogen-bond acceptors (Lipinski definition) is 5. The molecule has 9 heteroatoms. The maximum atomic E-state index is 12.9. The van der Waals surface area contributed by atoms with Gasteiger partial charge in [0.05, 0.1) is 12.2 Å². The van der Waals surface area contributed by atoms with E-state index in [9.17, 15) is 14.0 Å². The van der Waals surface area contributed by atoms with Crippen molar-refractivity contribution in [2.45, 2.75) is 6.54 Å². The van der Waals surface area contributed by atoms with Crippen molar-refractivity contribution in [2.24, 2.45) is 0 Å². The largest absolute Gasteiger partial charge is 0.346 e. The van der Waals surface area contributed by atoms with Crippen LogP contribution in [0.1, 0.15) is 16.1 Å². The number of rotatable bonds is 4. The summed E-state index contributed by atoms with van der Waals surface area (Å²) in [5.74, 6) is -0.802. The quantitative estimate of drug-likeness (QED) is 0.554. The van der Waals surface area contributed by atoms with E-state index in [2.05, 4.69) is 15.4 Å². The highest BCUT2D eigenvalue weighted by atomic mass is 35.5. The van der Waals surface area contributed by atoms with Gasteiger partial charge in [0.15, 0.2) is 0 Å². The third-order valence-corrected chi connectivity index (χ3v) is 5.10. The van der Waals surface area contributed by atoms with Crippen LogP contribution >= 0.6 is 22.9 Å². The van der Waals surface area contributed by atoms with Gasteiger partial charge in [0, 0.05) is 22.2 Å². The van der Waals surface area contributed by atoms with E-state index in [0.717, 1.165) is 5.56 Å². The van der Waals surface area contributed by atoms with Crippen LogP contribution in [0.3, 0.4) is 0 Å². The lowest BCUT2D eigenvalue weighted by Crippen LogP contribution is -2.25. The molecular weight excluding hydrogens is 403 g/mol. The van der Waals surface area contributed by atoms with Gasteiger partial charge in [0.1, 0.15) is 10.8 Å². The average Bonchev–Trinajstić information content (AvgIpc) is 3.11. The number of nitrogens with zero attached hydrogens (tertiary/aromatic N) is 3. The number of aromatic nitrogens is 3. The Bertz CT molecular complexity index is 1240. The Morgan fingerprint density at radius 1 is 1.18 bits per heavy atom. The summed E-state index contributed by atoms with van der Waals surface area (Å²) in [7, 11) is 0. The second-order valence-electron chi connectivity index (χ2n) is 5.89. The van der Waals surface area contributed by atoms with Crippen molar-refractivity contribution < 1.29 is 9.18 Å². The van der Waals surface area contributed by atoms with E-state index in [4.69, 9.17) is 11.6 Å². The first-order chi connectivity index (χ1) is 13.5. The minimum absolute atomic E-state index is 0.0619. The molecular formula is C19H12ClFN4O2S. The van der Waals surface area contributed by atoms with Crippen LogP contribution < -0.4 is 10.9 Å². The Morgan fingerprint density at radius 3 is 2.71 bits per heavy atom. The fourth-order valence-corrected chi connectivity index (χ4v) is 3.67. The van der Waals surface area contributed by atoms with E-state index in [1.165, 1.54) is 46.2 Å². The minimum Gasteiger partial charge on any atom is -0.346 e. The molecule has 0 aliphatic heterocycles. The van der Waals surface area contributed by atoms with E-state index in [0.29, 0.717) is 26.2 Å². The van der Waals surface area contributed by atoms with Gasteiger partial charge >= 0.3 is 0 Å². The highest BCUT2D eigenvalue weighted by molar-refractivity contribution is 7.19. The number of carbonyl (C=O) groups excluding carboxylic acids is 1. The molecule has 0 fully saturated rings. The van der Waals surface area contributed by atoms with Gasteiger partial charge in [-0.05, 0) is 36.4 Å². The van der Waals surface area contributed by atoms with Crippen LogP contribution in [0.15, 0.2) is 59.4 Å². The van der Waals surface area contributed by atoms with Gasteiger partial charge in [0.25, 0.3) is 11.5 Å². The molecule has 1 amide bonds. The lowest BCUT2D eigenvalue weighted by molar-refractivity contribution is 0.0950. The molecule has 0 atom stereocenters. The Labute approximate surface area is 167 Å². The molecule has 0 radical (unpaired) electrons. The highest BCUT2D eigenvalue weighted by Crippen LogP contribution is 2.26. The van der Waals surface area contributed by atoms with Crippen LogP contribution in [0.2, 0.25) is 5.02 Å². The molecule has 2 aromatic heterocycles. The van der Waals surface area contributed by atoms with Gasteiger partial charge < -0.3 is 5.32 Å². The van der Waals surface area contributed by atoms with Crippen molar-refractivity contribution >= 4 is 33.8 Å². The number of nitrogens with one attached hydrogen (secondary N) is 1. The zero-order valence-electron chi connectivity index (χ0n) is 14.2. The van der Waals surface area contributed by atoms with Crippen molar-refractivity contribution in [1.82, 2.24) is 19.9 Å². The molecule has 0 saturated heterocycles. The third-order valence-electron chi connectivity index (χ3n) is 3.91. The van der Waals surface area contributed by atoms with Gasteiger partial charge in [0.2, 0.25) is 4.96 Å². The second kappa shape index (κ2) is 7.49. The molecule has 4 rings (SSSR count). The number of benzene rings is 2. The lowest BCUT2D eigenvalue weighted by Gasteiger charge is -2.04. The molecule has 0 saturated carbocycles. The maximum absolute atomic E-state index is 12.9. The second-order valence-corrected chi connectivity index (χ2v) is 7.28. The lowest BCUT2D eigenvalue weighted by atomic mass is 10.2. The van der Waals surface area contributed by atoms with Crippen LogP contribution in [-0.2, 0) is 6.54 Å². The van der Waals surface area contributed by atoms with Gasteiger partial charge in [-0.25, -0.2) is 9.37 Å². The van der Waals surface area contributed by atoms with Crippen LogP contribution in [0.25, 0.3) is 15.5 Å². The van der Waals surface area contributed by atoms with Crippen LogP contribution in [-0.4, -0.2) is 20.5 Å².